The Morgan fingerprint density at radius 3 is 1.92 bits per heavy atom. The number of rotatable bonds is 4. The molecule has 0 radical (unpaired) electrons. The normalized spacial score (nSPS) is 8.15. The van der Waals surface area contributed by atoms with Gasteiger partial charge >= 0.3 is 12.1 Å². The maximum atomic E-state index is 9.87. The van der Waals surface area contributed by atoms with Crippen LogP contribution in [-0.2, 0) is 9.53 Å². The van der Waals surface area contributed by atoms with Gasteiger partial charge in [0.2, 0.25) is 0 Å². The second-order valence-corrected chi connectivity index (χ2v) is 2.32. The maximum Gasteiger partial charge on any atom is 0.505 e. The van der Waals surface area contributed by atoms with Gasteiger partial charge in [-0.3, -0.25) is 4.79 Å². The van der Waals surface area contributed by atoms with Crippen LogP contribution in [0, 0.1) is 0 Å². The van der Waals surface area contributed by atoms with Crippen LogP contribution in [0.4, 0.5) is 4.79 Å². The number of ether oxygens (including phenoxy) is 1. The fourth-order valence-corrected chi connectivity index (χ4v) is 0.526. The number of carboxylic acid groups (broad SMARTS) is 2. The molecule has 0 bridgehead atoms. The van der Waals surface area contributed by atoms with E-state index >= 15 is 0 Å². The molecule has 0 unspecified atom stereocenters. The minimum Gasteiger partial charge on any atom is -0.481 e. The summed E-state index contributed by atoms with van der Waals surface area (Å²) in [5.41, 5.74) is 0. The topological polar surface area (TPSA) is 83.8 Å². The molecule has 0 amide bonds. The Morgan fingerprint density at radius 2 is 1.69 bits per heavy atom. The maximum absolute atomic E-state index is 9.87. The Bertz CT molecular complexity index is 143. The summed E-state index contributed by atoms with van der Waals surface area (Å²) >= 11 is 0. The molecule has 0 aliphatic carbocycles. The summed E-state index contributed by atoms with van der Waals surface area (Å²) in [6.07, 6.45) is 2.03. The molecule has 0 saturated carbocycles. The highest BCUT2D eigenvalue weighted by molar-refractivity contribution is 5.66. The van der Waals surface area contributed by atoms with Crippen LogP contribution in [0.15, 0.2) is 0 Å². The predicted molar refractivity (Wildman–Crippen MR) is 46.8 cm³/mol. The van der Waals surface area contributed by atoms with E-state index in [1.54, 1.807) is 0 Å². The third kappa shape index (κ3) is 24.9. The summed E-state index contributed by atoms with van der Waals surface area (Å²) in [7, 11) is 1.10. The van der Waals surface area contributed by atoms with Gasteiger partial charge in [0.05, 0.1) is 7.11 Å². The Kier molecular flexibility index (Phi) is 11.8. The third-order valence-corrected chi connectivity index (χ3v) is 1.17. The van der Waals surface area contributed by atoms with E-state index in [-0.39, 0.29) is 0 Å². The summed E-state index contributed by atoms with van der Waals surface area (Å²) in [4.78, 5) is 19.0. The Morgan fingerprint density at radius 1 is 1.23 bits per heavy atom. The summed E-state index contributed by atoms with van der Waals surface area (Å²) in [5, 5.41) is 15.6. The molecule has 5 heteroatoms. The lowest BCUT2D eigenvalue weighted by molar-refractivity contribution is -0.137. The van der Waals surface area contributed by atoms with Crippen molar-refractivity contribution in [3.05, 3.63) is 0 Å². The van der Waals surface area contributed by atoms with Gasteiger partial charge in [0, 0.05) is 6.42 Å². The van der Waals surface area contributed by atoms with Crippen molar-refractivity contribution >= 4 is 12.1 Å². The Labute approximate surface area is 77.3 Å². The van der Waals surface area contributed by atoms with Gasteiger partial charge in [-0.2, -0.15) is 0 Å². The molecule has 0 aliphatic heterocycles. The zero-order chi connectivity index (χ0) is 10.7. The minimum absolute atomic E-state index is 0.327. The Balaban J connectivity index is 0. The SMILES string of the molecule is CCCCCC(=O)O.COC(=O)O. The molecule has 2 N–H and O–H groups in total. The van der Waals surface area contributed by atoms with Gasteiger partial charge < -0.3 is 14.9 Å². The average molecular weight is 192 g/mol. The van der Waals surface area contributed by atoms with Crippen LogP contribution in [0.3, 0.4) is 0 Å². The molecular formula is C8H16O5. The number of methoxy groups -OCH3 is 1. The van der Waals surface area contributed by atoms with Gasteiger partial charge in [0.15, 0.2) is 0 Å². The highest BCUT2D eigenvalue weighted by Gasteiger charge is 1.92. The highest BCUT2D eigenvalue weighted by atomic mass is 16.6. The quantitative estimate of drug-likeness (QED) is 0.525. The number of carboxylic acids is 1. The van der Waals surface area contributed by atoms with Crippen LogP contribution in [-0.4, -0.2) is 29.4 Å². The van der Waals surface area contributed by atoms with Crippen LogP contribution in [0.2, 0.25) is 0 Å². The van der Waals surface area contributed by atoms with E-state index in [1.807, 2.05) is 0 Å². The standard InChI is InChI=1S/C6H12O2.C2H4O3/c1-2-3-4-5-6(7)8;1-5-2(3)4/h2-5H2,1H3,(H,7,8);1H3,(H,3,4). The second kappa shape index (κ2) is 10.7. The number of hydrogen-bond acceptors (Lipinski definition) is 3. The van der Waals surface area contributed by atoms with Crippen LogP contribution in [0.1, 0.15) is 32.6 Å². The molecule has 0 spiro atoms. The van der Waals surface area contributed by atoms with E-state index in [9.17, 15) is 4.79 Å². The first-order chi connectivity index (χ1) is 6.04. The zero-order valence-electron chi connectivity index (χ0n) is 7.95. The first-order valence-electron chi connectivity index (χ1n) is 4.03. The van der Waals surface area contributed by atoms with E-state index in [2.05, 4.69) is 11.7 Å². The van der Waals surface area contributed by atoms with Crippen LogP contribution < -0.4 is 0 Å². The molecule has 0 aliphatic rings. The summed E-state index contributed by atoms with van der Waals surface area (Å²) in [6, 6.07) is 0. The van der Waals surface area contributed by atoms with Gasteiger partial charge in [-0.05, 0) is 6.42 Å². The lowest BCUT2D eigenvalue weighted by atomic mass is 10.2. The first-order valence-corrected chi connectivity index (χ1v) is 4.03. The summed E-state index contributed by atoms with van der Waals surface area (Å²) < 4.78 is 3.67. The van der Waals surface area contributed by atoms with Gasteiger partial charge in [0.1, 0.15) is 0 Å². The summed E-state index contributed by atoms with van der Waals surface area (Å²) in [6.45, 7) is 2.06. The molecular weight excluding hydrogens is 176 g/mol. The molecule has 0 heterocycles. The minimum atomic E-state index is -1.25. The van der Waals surface area contributed by atoms with E-state index in [4.69, 9.17) is 15.0 Å². The number of carbonyl (C=O) groups is 2. The van der Waals surface area contributed by atoms with Crippen molar-refractivity contribution in [2.24, 2.45) is 0 Å². The summed E-state index contributed by atoms with van der Waals surface area (Å²) in [5.74, 6) is -0.682. The van der Waals surface area contributed by atoms with E-state index in [0.29, 0.717) is 6.42 Å². The van der Waals surface area contributed by atoms with Crippen LogP contribution >= 0.6 is 0 Å². The molecule has 0 aromatic rings. The molecule has 78 valence electrons. The molecule has 0 atom stereocenters. The van der Waals surface area contributed by atoms with Gasteiger partial charge in [-0.15, -0.1) is 0 Å². The van der Waals surface area contributed by atoms with Crippen molar-refractivity contribution in [1.29, 1.82) is 0 Å². The number of aliphatic carboxylic acids is 1. The number of hydrogen-bond donors (Lipinski definition) is 2. The van der Waals surface area contributed by atoms with Crippen molar-refractivity contribution in [3.63, 3.8) is 0 Å². The van der Waals surface area contributed by atoms with Crippen LogP contribution in [0.25, 0.3) is 0 Å². The van der Waals surface area contributed by atoms with E-state index in [1.165, 1.54) is 0 Å². The monoisotopic (exact) mass is 192 g/mol. The van der Waals surface area contributed by atoms with Gasteiger partial charge in [0.25, 0.3) is 0 Å². The molecule has 0 rings (SSSR count). The highest BCUT2D eigenvalue weighted by Crippen LogP contribution is 1.97. The zero-order valence-corrected chi connectivity index (χ0v) is 7.95. The molecule has 0 fully saturated rings. The largest absolute Gasteiger partial charge is 0.505 e. The Hall–Kier alpha value is -1.26. The van der Waals surface area contributed by atoms with Crippen molar-refractivity contribution in [2.75, 3.05) is 7.11 Å². The lowest BCUT2D eigenvalue weighted by Gasteiger charge is -1.89. The molecule has 5 nitrogen and oxygen atoms in total. The molecule has 0 aromatic heterocycles. The fraction of sp³-hybridized carbons (Fsp3) is 0.750. The molecule has 0 saturated heterocycles. The van der Waals surface area contributed by atoms with Crippen molar-refractivity contribution < 1.29 is 24.5 Å². The smallest absolute Gasteiger partial charge is 0.481 e. The molecule has 0 aromatic carbocycles. The predicted octanol–water partition coefficient (Wildman–Crippen LogP) is 1.96. The van der Waals surface area contributed by atoms with Crippen LogP contribution in [0.5, 0.6) is 0 Å². The molecule has 13 heavy (non-hydrogen) atoms. The fourth-order valence-electron chi connectivity index (χ4n) is 0.526. The van der Waals surface area contributed by atoms with E-state index < -0.39 is 12.1 Å². The van der Waals surface area contributed by atoms with Gasteiger partial charge in [-0.1, -0.05) is 19.8 Å². The van der Waals surface area contributed by atoms with E-state index in [0.717, 1.165) is 26.4 Å². The first kappa shape index (κ1) is 14.3. The lowest BCUT2D eigenvalue weighted by Crippen LogP contribution is -1.92. The van der Waals surface area contributed by atoms with Crippen molar-refractivity contribution in [2.45, 2.75) is 32.6 Å². The van der Waals surface area contributed by atoms with Gasteiger partial charge in [-0.25, -0.2) is 4.79 Å². The average Bonchev–Trinajstić information content (AvgIpc) is 2.05. The van der Waals surface area contributed by atoms with Crippen molar-refractivity contribution in [3.8, 4) is 0 Å². The second-order valence-electron chi connectivity index (χ2n) is 2.32. The number of unbranched alkanes of at least 4 members (excludes halogenated alkanes) is 2. The third-order valence-electron chi connectivity index (χ3n) is 1.17. The van der Waals surface area contributed by atoms with Crippen molar-refractivity contribution in [1.82, 2.24) is 0 Å².